The Morgan fingerprint density at radius 1 is 1.08 bits per heavy atom. The number of nitrogens with zero attached hydrogens (tertiary/aromatic N) is 1. The van der Waals surface area contributed by atoms with Gasteiger partial charge in [-0.15, -0.1) is 0 Å². The van der Waals surface area contributed by atoms with Crippen molar-refractivity contribution in [2.24, 2.45) is 0 Å². The molecule has 0 spiro atoms. The highest BCUT2D eigenvalue weighted by molar-refractivity contribution is 7.92. The van der Waals surface area contributed by atoms with Gasteiger partial charge in [-0.3, -0.25) is 9.10 Å². The average molecular weight is 382 g/mol. The summed E-state index contributed by atoms with van der Waals surface area (Å²) >= 11 is 0. The summed E-state index contributed by atoms with van der Waals surface area (Å²) < 4.78 is 52.2. The molecule has 0 heterocycles. The monoisotopic (exact) mass is 382 g/mol. The van der Waals surface area contributed by atoms with Gasteiger partial charge in [0.1, 0.15) is 17.7 Å². The Bertz CT molecular complexity index is 945. The average Bonchev–Trinajstić information content (AvgIpc) is 2.52. The molecule has 0 unspecified atom stereocenters. The van der Waals surface area contributed by atoms with E-state index in [-0.39, 0.29) is 5.69 Å². The van der Waals surface area contributed by atoms with Crippen molar-refractivity contribution in [3.8, 4) is 0 Å². The number of nitrogens with one attached hydrogen (secondary N) is 1. The molecule has 2 rings (SSSR count). The summed E-state index contributed by atoms with van der Waals surface area (Å²) in [5.41, 5.74) is 1.95. The van der Waals surface area contributed by atoms with E-state index in [2.05, 4.69) is 5.32 Å². The van der Waals surface area contributed by atoms with Gasteiger partial charge in [0.25, 0.3) is 0 Å². The molecular formula is C18H20F2N2O3S. The number of carbonyl (C=O) groups excluding carboxylic acids is 1. The minimum atomic E-state index is -3.78. The van der Waals surface area contributed by atoms with Crippen LogP contribution in [0.25, 0.3) is 0 Å². The van der Waals surface area contributed by atoms with Crippen molar-refractivity contribution >= 4 is 27.3 Å². The molecule has 0 aliphatic carbocycles. The van der Waals surface area contributed by atoms with Crippen molar-refractivity contribution in [2.45, 2.75) is 26.8 Å². The molecule has 0 aromatic heterocycles. The van der Waals surface area contributed by atoms with Gasteiger partial charge in [-0.2, -0.15) is 0 Å². The van der Waals surface area contributed by atoms with E-state index in [1.54, 1.807) is 18.2 Å². The number of anilines is 2. The summed E-state index contributed by atoms with van der Waals surface area (Å²) in [4.78, 5) is 12.5. The van der Waals surface area contributed by atoms with Crippen LogP contribution in [0.1, 0.15) is 18.1 Å². The van der Waals surface area contributed by atoms with Gasteiger partial charge in [0, 0.05) is 6.07 Å². The van der Waals surface area contributed by atoms with Crippen molar-refractivity contribution in [3.63, 3.8) is 0 Å². The summed E-state index contributed by atoms with van der Waals surface area (Å²) in [5.74, 6) is -2.46. The number of hydrogen-bond acceptors (Lipinski definition) is 3. The van der Waals surface area contributed by atoms with Gasteiger partial charge in [-0.05, 0) is 56.2 Å². The molecule has 1 N–H and O–H groups in total. The first-order chi connectivity index (χ1) is 12.0. The molecule has 0 saturated carbocycles. The zero-order chi connectivity index (χ0) is 19.6. The molecule has 0 aliphatic rings. The first-order valence-corrected chi connectivity index (χ1v) is 9.68. The van der Waals surface area contributed by atoms with Crippen LogP contribution in [0.4, 0.5) is 20.2 Å². The molecule has 0 aliphatic heterocycles. The summed E-state index contributed by atoms with van der Waals surface area (Å²) in [6.45, 7) is 5.11. The molecule has 2 aromatic rings. The first kappa shape index (κ1) is 19.8. The predicted octanol–water partition coefficient (Wildman–Crippen LogP) is 3.37. The van der Waals surface area contributed by atoms with E-state index in [0.717, 1.165) is 33.8 Å². The van der Waals surface area contributed by atoms with Crippen LogP contribution in [0.15, 0.2) is 36.4 Å². The second kappa shape index (κ2) is 7.41. The van der Waals surface area contributed by atoms with E-state index in [1.165, 1.54) is 6.92 Å². The largest absolute Gasteiger partial charge is 0.322 e. The zero-order valence-corrected chi connectivity index (χ0v) is 15.7. The number of rotatable bonds is 5. The Kier molecular flexibility index (Phi) is 5.65. The van der Waals surface area contributed by atoms with Crippen LogP contribution in [0.5, 0.6) is 0 Å². The number of amides is 1. The summed E-state index contributed by atoms with van der Waals surface area (Å²) in [6, 6.07) is 6.60. The van der Waals surface area contributed by atoms with Crippen molar-refractivity contribution < 1.29 is 22.0 Å². The van der Waals surface area contributed by atoms with Gasteiger partial charge < -0.3 is 5.32 Å². The maximum Gasteiger partial charge on any atom is 0.248 e. The van der Waals surface area contributed by atoms with E-state index in [9.17, 15) is 22.0 Å². The number of benzene rings is 2. The van der Waals surface area contributed by atoms with Crippen LogP contribution in [0.3, 0.4) is 0 Å². The lowest BCUT2D eigenvalue weighted by Gasteiger charge is -2.28. The minimum absolute atomic E-state index is 0.225. The lowest BCUT2D eigenvalue weighted by atomic mass is 10.1. The van der Waals surface area contributed by atoms with Gasteiger partial charge in [-0.25, -0.2) is 17.2 Å². The summed E-state index contributed by atoms with van der Waals surface area (Å²) in [5, 5.41) is 2.30. The zero-order valence-electron chi connectivity index (χ0n) is 14.9. The Morgan fingerprint density at radius 2 is 1.73 bits per heavy atom. The molecule has 0 radical (unpaired) electrons. The molecule has 1 atom stereocenters. The van der Waals surface area contributed by atoms with Gasteiger partial charge in [0.15, 0.2) is 0 Å². The molecule has 0 fully saturated rings. The highest BCUT2D eigenvalue weighted by atomic mass is 32.2. The van der Waals surface area contributed by atoms with Crippen molar-refractivity contribution in [1.82, 2.24) is 0 Å². The number of aryl methyl sites for hydroxylation is 2. The molecule has 0 bridgehead atoms. The van der Waals surface area contributed by atoms with Gasteiger partial charge >= 0.3 is 0 Å². The molecule has 8 heteroatoms. The molecular weight excluding hydrogens is 362 g/mol. The fourth-order valence-electron chi connectivity index (χ4n) is 2.50. The smallest absolute Gasteiger partial charge is 0.248 e. The predicted molar refractivity (Wildman–Crippen MR) is 97.7 cm³/mol. The number of halogens is 2. The van der Waals surface area contributed by atoms with Gasteiger partial charge in [0.05, 0.1) is 17.6 Å². The van der Waals surface area contributed by atoms with Crippen molar-refractivity contribution in [1.29, 1.82) is 0 Å². The summed E-state index contributed by atoms with van der Waals surface area (Å²) in [6.07, 6.45) is 0.991. The van der Waals surface area contributed by atoms with E-state index in [0.29, 0.717) is 11.8 Å². The SMILES string of the molecule is Cc1ccc(N([C@@H](C)C(=O)Nc2ccc(F)cc2F)S(C)(=O)=O)cc1C. The third kappa shape index (κ3) is 4.37. The van der Waals surface area contributed by atoms with Crippen molar-refractivity contribution in [3.05, 3.63) is 59.2 Å². The quantitative estimate of drug-likeness (QED) is 0.862. The molecule has 1 amide bonds. The topological polar surface area (TPSA) is 66.5 Å². The molecule has 26 heavy (non-hydrogen) atoms. The highest BCUT2D eigenvalue weighted by Crippen LogP contribution is 2.24. The number of hydrogen-bond donors (Lipinski definition) is 1. The normalized spacial score (nSPS) is 12.5. The van der Waals surface area contributed by atoms with Crippen LogP contribution >= 0.6 is 0 Å². The fourth-order valence-corrected chi connectivity index (χ4v) is 3.67. The van der Waals surface area contributed by atoms with E-state index in [4.69, 9.17) is 0 Å². The Balaban J connectivity index is 2.35. The van der Waals surface area contributed by atoms with Crippen LogP contribution in [0.2, 0.25) is 0 Å². The Hall–Kier alpha value is -2.48. The second-order valence-electron chi connectivity index (χ2n) is 6.12. The van der Waals surface area contributed by atoms with Crippen LogP contribution in [0, 0.1) is 25.5 Å². The third-order valence-electron chi connectivity index (χ3n) is 4.02. The maximum absolute atomic E-state index is 13.7. The van der Waals surface area contributed by atoms with Gasteiger partial charge in [0.2, 0.25) is 15.9 Å². The highest BCUT2D eigenvalue weighted by Gasteiger charge is 2.29. The second-order valence-corrected chi connectivity index (χ2v) is 7.98. The van der Waals surface area contributed by atoms with E-state index in [1.807, 2.05) is 13.8 Å². The lowest BCUT2D eigenvalue weighted by Crippen LogP contribution is -2.45. The van der Waals surface area contributed by atoms with Crippen LogP contribution in [-0.2, 0) is 14.8 Å². The molecule has 0 saturated heterocycles. The Labute approximate surface area is 151 Å². The van der Waals surface area contributed by atoms with Gasteiger partial charge in [-0.1, -0.05) is 6.07 Å². The minimum Gasteiger partial charge on any atom is -0.322 e. The Morgan fingerprint density at radius 3 is 2.27 bits per heavy atom. The fraction of sp³-hybridized carbons (Fsp3) is 0.278. The first-order valence-electron chi connectivity index (χ1n) is 7.83. The van der Waals surface area contributed by atoms with Crippen molar-refractivity contribution in [2.75, 3.05) is 15.9 Å². The van der Waals surface area contributed by atoms with Crippen LogP contribution in [-0.4, -0.2) is 26.6 Å². The standard InChI is InChI=1S/C18H20F2N2O3S/c1-11-5-7-15(9-12(11)2)22(26(4,24)25)13(3)18(23)21-17-8-6-14(19)10-16(17)20/h5-10,13H,1-4H3,(H,21,23)/t13-/m0/s1. The molecule has 5 nitrogen and oxygen atoms in total. The van der Waals surface area contributed by atoms with E-state index >= 15 is 0 Å². The van der Waals surface area contributed by atoms with Crippen LogP contribution < -0.4 is 9.62 Å². The number of carbonyl (C=O) groups is 1. The molecule has 2 aromatic carbocycles. The summed E-state index contributed by atoms with van der Waals surface area (Å²) in [7, 11) is -3.78. The molecule has 140 valence electrons. The third-order valence-corrected chi connectivity index (χ3v) is 5.26. The van der Waals surface area contributed by atoms with E-state index < -0.39 is 33.6 Å². The maximum atomic E-state index is 13.7. The number of sulfonamides is 1. The lowest BCUT2D eigenvalue weighted by molar-refractivity contribution is -0.116.